The van der Waals surface area contributed by atoms with Gasteiger partial charge in [-0.2, -0.15) is 0 Å². The fourth-order valence-electron chi connectivity index (χ4n) is 3.39. The average molecular weight is 357 g/mol. The molecule has 0 radical (unpaired) electrons. The van der Waals surface area contributed by atoms with E-state index in [2.05, 4.69) is 10.3 Å². The van der Waals surface area contributed by atoms with Gasteiger partial charge in [0.15, 0.2) is 0 Å². The lowest BCUT2D eigenvalue weighted by Gasteiger charge is -2.27. The van der Waals surface area contributed by atoms with Crippen molar-refractivity contribution in [1.82, 2.24) is 9.88 Å². The quantitative estimate of drug-likeness (QED) is 0.774. The standard InChI is InChI=1S/C22H19N3O2/c1-15-11-12-23-19(13-15)24-21(26)20(16-7-3-2-4-8-16)25-14-17-9-5-6-10-18(17)22(25)27/h2-13,20H,14H2,1H3,(H,23,24,26). The van der Waals surface area contributed by atoms with E-state index in [1.807, 2.05) is 61.5 Å². The molecule has 1 N–H and O–H groups in total. The molecule has 0 saturated carbocycles. The minimum absolute atomic E-state index is 0.133. The summed E-state index contributed by atoms with van der Waals surface area (Å²) >= 11 is 0. The molecule has 1 aliphatic heterocycles. The van der Waals surface area contributed by atoms with Gasteiger partial charge in [-0.3, -0.25) is 9.59 Å². The van der Waals surface area contributed by atoms with Crippen molar-refractivity contribution in [3.63, 3.8) is 0 Å². The second-order valence-corrected chi connectivity index (χ2v) is 6.61. The monoisotopic (exact) mass is 357 g/mol. The molecule has 2 aromatic carbocycles. The van der Waals surface area contributed by atoms with Crippen LogP contribution in [0.1, 0.15) is 33.1 Å². The minimum Gasteiger partial charge on any atom is -0.318 e. The number of fused-ring (bicyclic) bond motifs is 1. The van der Waals surface area contributed by atoms with Crippen LogP contribution in [-0.2, 0) is 11.3 Å². The van der Waals surface area contributed by atoms with E-state index in [0.29, 0.717) is 17.9 Å². The Kier molecular flexibility index (Phi) is 4.42. The number of carbonyl (C=O) groups is 2. The number of anilines is 1. The maximum Gasteiger partial charge on any atom is 0.255 e. The molecule has 4 rings (SSSR count). The molecule has 3 aromatic rings. The summed E-state index contributed by atoms with van der Waals surface area (Å²) < 4.78 is 0. The Bertz CT molecular complexity index is 1000. The van der Waals surface area contributed by atoms with Crippen LogP contribution in [-0.4, -0.2) is 21.7 Å². The molecule has 0 spiro atoms. The molecule has 1 atom stereocenters. The highest BCUT2D eigenvalue weighted by molar-refractivity contribution is 6.03. The predicted molar refractivity (Wildman–Crippen MR) is 103 cm³/mol. The second kappa shape index (κ2) is 7.03. The van der Waals surface area contributed by atoms with Crippen LogP contribution in [0.2, 0.25) is 0 Å². The van der Waals surface area contributed by atoms with E-state index >= 15 is 0 Å². The SMILES string of the molecule is Cc1ccnc(NC(=O)C(c2ccccc2)N2Cc3ccccc3C2=O)c1. The Hall–Kier alpha value is -3.47. The van der Waals surface area contributed by atoms with Gasteiger partial charge < -0.3 is 10.2 Å². The lowest BCUT2D eigenvalue weighted by Crippen LogP contribution is -2.37. The van der Waals surface area contributed by atoms with Crippen LogP contribution in [0.25, 0.3) is 0 Å². The van der Waals surface area contributed by atoms with E-state index in [1.165, 1.54) is 0 Å². The van der Waals surface area contributed by atoms with Crippen LogP contribution in [0.15, 0.2) is 72.9 Å². The number of aromatic nitrogens is 1. The van der Waals surface area contributed by atoms with Gasteiger partial charge in [0.05, 0.1) is 0 Å². The molecule has 0 saturated heterocycles. The van der Waals surface area contributed by atoms with E-state index in [4.69, 9.17) is 0 Å². The van der Waals surface area contributed by atoms with E-state index < -0.39 is 6.04 Å². The maximum absolute atomic E-state index is 13.2. The molecule has 5 nitrogen and oxygen atoms in total. The number of hydrogen-bond donors (Lipinski definition) is 1. The molecule has 2 heterocycles. The molecule has 1 unspecified atom stereocenters. The highest BCUT2D eigenvalue weighted by atomic mass is 16.2. The summed E-state index contributed by atoms with van der Waals surface area (Å²) in [4.78, 5) is 31.9. The van der Waals surface area contributed by atoms with Crippen molar-refractivity contribution in [1.29, 1.82) is 0 Å². The van der Waals surface area contributed by atoms with Gasteiger partial charge in [0.2, 0.25) is 0 Å². The summed E-state index contributed by atoms with van der Waals surface area (Å²) in [6, 6.07) is 19.8. The number of nitrogens with zero attached hydrogens (tertiary/aromatic N) is 2. The predicted octanol–water partition coefficient (Wildman–Crippen LogP) is 3.73. The minimum atomic E-state index is -0.728. The second-order valence-electron chi connectivity index (χ2n) is 6.61. The molecule has 0 bridgehead atoms. The largest absolute Gasteiger partial charge is 0.318 e. The van der Waals surface area contributed by atoms with Gasteiger partial charge in [-0.15, -0.1) is 0 Å². The van der Waals surface area contributed by atoms with Crippen molar-refractivity contribution in [3.05, 3.63) is 95.2 Å². The van der Waals surface area contributed by atoms with E-state index in [-0.39, 0.29) is 11.8 Å². The summed E-state index contributed by atoms with van der Waals surface area (Å²) in [7, 11) is 0. The third-order valence-corrected chi connectivity index (χ3v) is 4.69. The number of pyridine rings is 1. The van der Waals surface area contributed by atoms with Crippen LogP contribution in [0.5, 0.6) is 0 Å². The fraction of sp³-hybridized carbons (Fsp3) is 0.136. The first-order valence-electron chi connectivity index (χ1n) is 8.81. The first kappa shape index (κ1) is 17.0. The molecule has 2 amide bonds. The molecule has 1 aromatic heterocycles. The number of rotatable bonds is 4. The average Bonchev–Trinajstić information content (AvgIpc) is 3.00. The zero-order valence-electron chi connectivity index (χ0n) is 14.9. The number of hydrogen-bond acceptors (Lipinski definition) is 3. The molecular formula is C22H19N3O2. The fourth-order valence-corrected chi connectivity index (χ4v) is 3.39. The summed E-state index contributed by atoms with van der Waals surface area (Å²) in [5.41, 5.74) is 3.36. The smallest absolute Gasteiger partial charge is 0.255 e. The lowest BCUT2D eigenvalue weighted by atomic mass is 10.0. The molecule has 0 aliphatic carbocycles. The Morgan fingerprint density at radius 2 is 1.81 bits per heavy atom. The van der Waals surface area contributed by atoms with Crippen LogP contribution in [0, 0.1) is 6.92 Å². The number of nitrogens with one attached hydrogen (secondary N) is 1. The zero-order valence-corrected chi connectivity index (χ0v) is 14.9. The van der Waals surface area contributed by atoms with Crippen LogP contribution < -0.4 is 5.32 Å². The highest BCUT2D eigenvalue weighted by Crippen LogP contribution is 2.32. The number of benzene rings is 2. The summed E-state index contributed by atoms with van der Waals surface area (Å²) in [6.07, 6.45) is 1.65. The Morgan fingerprint density at radius 1 is 1.07 bits per heavy atom. The van der Waals surface area contributed by atoms with Crippen molar-refractivity contribution in [2.75, 3.05) is 5.32 Å². The van der Waals surface area contributed by atoms with E-state index in [0.717, 1.165) is 16.7 Å². The normalized spacial score (nSPS) is 14.0. The Morgan fingerprint density at radius 3 is 2.56 bits per heavy atom. The number of aryl methyl sites for hydroxylation is 1. The van der Waals surface area contributed by atoms with Crippen molar-refractivity contribution < 1.29 is 9.59 Å². The molecule has 0 fully saturated rings. The Balaban J connectivity index is 1.68. The van der Waals surface area contributed by atoms with E-state index in [1.54, 1.807) is 23.2 Å². The van der Waals surface area contributed by atoms with Crippen LogP contribution in [0.3, 0.4) is 0 Å². The third kappa shape index (κ3) is 3.31. The third-order valence-electron chi connectivity index (χ3n) is 4.69. The van der Waals surface area contributed by atoms with E-state index in [9.17, 15) is 9.59 Å². The first-order valence-corrected chi connectivity index (χ1v) is 8.81. The van der Waals surface area contributed by atoms with Crippen molar-refractivity contribution >= 4 is 17.6 Å². The van der Waals surface area contributed by atoms with Gasteiger partial charge in [-0.05, 0) is 41.8 Å². The first-order chi connectivity index (χ1) is 13.1. The number of carbonyl (C=O) groups excluding carboxylic acids is 2. The van der Waals surface area contributed by atoms with Gasteiger partial charge in [-0.25, -0.2) is 4.98 Å². The van der Waals surface area contributed by atoms with Crippen LogP contribution in [0.4, 0.5) is 5.82 Å². The van der Waals surface area contributed by atoms with Crippen molar-refractivity contribution in [2.24, 2.45) is 0 Å². The molecule has 5 heteroatoms. The van der Waals surface area contributed by atoms with Crippen molar-refractivity contribution in [3.8, 4) is 0 Å². The van der Waals surface area contributed by atoms with Crippen molar-refractivity contribution in [2.45, 2.75) is 19.5 Å². The van der Waals surface area contributed by atoms with Gasteiger partial charge in [0.1, 0.15) is 11.9 Å². The summed E-state index contributed by atoms with van der Waals surface area (Å²) in [6.45, 7) is 2.34. The van der Waals surface area contributed by atoms with Gasteiger partial charge in [-0.1, -0.05) is 48.5 Å². The molecule has 134 valence electrons. The molecule has 1 aliphatic rings. The zero-order chi connectivity index (χ0) is 18.8. The number of amides is 2. The molecular weight excluding hydrogens is 338 g/mol. The lowest BCUT2D eigenvalue weighted by molar-refractivity contribution is -0.120. The highest BCUT2D eigenvalue weighted by Gasteiger charge is 2.37. The van der Waals surface area contributed by atoms with Gasteiger partial charge in [0, 0.05) is 18.3 Å². The van der Waals surface area contributed by atoms with Gasteiger partial charge in [0.25, 0.3) is 11.8 Å². The van der Waals surface area contributed by atoms with Gasteiger partial charge >= 0.3 is 0 Å². The summed E-state index contributed by atoms with van der Waals surface area (Å²) in [5, 5.41) is 2.86. The molecule has 27 heavy (non-hydrogen) atoms. The Labute approximate surface area is 157 Å². The maximum atomic E-state index is 13.2. The summed E-state index contributed by atoms with van der Waals surface area (Å²) in [5.74, 6) is 0.0670. The topological polar surface area (TPSA) is 62.3 Å². The van der Waals surface area contributed by atoms with Crippen LogP contribution >= 0.6 is 0 Å².